The predicted octanol–water partition coefficient (Wildman–Crippen LogP) is 1.27. The molecule has 0 unspecified atom stereocenters. The molecule has 4 heteroatoms. The zero-order valence-electron chi connectivity index (χ0n) is 9.41. The average Bonchev–Trinajstić information content (AvgIpc) is 2.21. The fraction of sp³-hybridized carbons (Fsp3) is 0.636. The Balaban J connectivity index is 3.39. The second kappa shape index (κ2) is 8.03. The van der Waals surface area contributed by atoms with Gasteiger partial charge in [-0.2, -0.15) is 0 Å². The average molecular weight is 213 g/mol. The van der Waals surface area contributed by atoms with Crippen molar-refractivity contribution in [2.45, 2.75) is 26.7 Å². The Hall–Kier alpha value is -1.32. The van der Waals surface area contributed by atoms with Gasteiger partial charge in [0.05, 0.1) is 6.61 Å². The van der Waals surface area contributed by atoms with E-state index >= 15 is 0 Å². The summed E-state index contributed by atoms with van der Waals surface area (Å²) in [6, 6.07) is 0. The molecule has 0 aliphatic heterocycles. The molecule has 0 aliphatic carbocycles. The molecule has 0 aromatic heterocycles. The van der Waals surface area contributed by atoms with Crippen molar-refractivity contribution in [2.24, 2.45) is 5.92 Å². The molecule has 0 heterocycles. The first-order chi connectivity index (χ1) is 7.06. The minimum atomic E-state index is -0.217. The Morgan fingerprint density at radius 3 is 2.67 bits per heavy atom. The van der Waals surface area contributed by atoms with E-state index in [1.165, 1.54) is 6.08 Å². The summed E-state index contributed by atoms with van der Waals surface area (Å²) in [7, 11) is 0. The molecule has 0 fully saturated rings. The highest BCUT2D eigenvalue weighted by Gasteiger charge is 2.04. The SMILES string of the molecule is C=CC(=O)NCCCC(=O)OCC(C)C. The van der Waals surface area contributed by atoms with Crippen molar-refractivity contribution >= 4 is 11.9 Å². The third-order valence-corrected chi connectivity index (χ3v) is 1.62. The van der Waals surface area contributed by atoms with Crippen LogP contribution < -0.4 is 5.32 Å². The van der Waals surface area contributed by atoms with Crippen LogP contribution in [0.25, 0.3) is 0 Å². The molecule has 86 valence electrons. The van der Waals surface area contributed by atoms with Gasteiger partial charge in [-0.3, -0.25) is 9.59 Å². The Morgan fingerprint density at radius 2 is 2.13 bits per heavy atom. The van der Waals surface area contributed by atoms with Crippen molar-refractivity contribution < 1.29 is 14.3 Å². The zero-order valence-corrected chi connectivity index (χ0v) is 9.41. The Morgan fingerprint density at radius 1 is 1.47 bits per heavy atom. The van der Waals surface area contributed by atoms with Crippen LogP contribution in [0.3, 0.4) is 0 Å². The van der Waals surface area contributed by atoms with Crippen LogP contribution in [0.2, 0.25) is 0 Å². The summed E-state index contributed by atoms with van der Waals surface area (Å²) in [5, 5.41) is 2.59. The van der Waals surface area contributed by atoms with Crippen molar-refractivity contribution in [3.63, 3.8) is 0 Å². The third-order valence-electron chi connectivity index (χ3n) is 1.62. The van der Waals surface area contributed by atoms with E-state index in [1.54, 1.807) is 0 Å². The third kappa shape index (κ3) is 9.00. The molecule has 0 aromatic rings. The fourth-order valence-electron chi connectivity index (χ4n) is 0.848. The largest absolute Gasteiger partial charge is 0.465 e. The summed E-state index contributed by atoms with van der Waals surface area (Å²) in [5.74, 6) is -0.0727. The standard InChI is InChI=1S/C11H19NO3/c1-4-10(13)12-7-5-6-11(14)15-8-9(2)3/h4,9H,1,5-8H2,2-3H3,(H,12,13). The van der Waals surface area contributed by atoms with Crippen LogP contribution in [0.4, 0.5) is 0 Å². The molecule has 15 heavy (non-hydrogen) atoms. The van der Waals surface area contributed by atoms with Crippen LogP contribution in [-0.2, 0) is 14.3 Å². The van der Waals surface area contributed by atoms with Crippen LogP contribution in [0.1, 0.15) is 26.7 Å². The van der Waals surface area contributed by atoms with Gasteiger partial charge >= 0.3 is 5.97 Å². The molecule has 0 bridgehead atoms. The molecular weight excluding hydrogens is 194 g/mol. The number of nitrogens with one attached hydrogen (secondary N) is 1. The van der Waals surface area contributed by atoms with Crippen LogP contribution in [-0.4, -0.2) is 25.0 Å². The highest BCUT2D eigenvalue weighted by atomic mass is 16.5. The van der Waals surface area contributed by atoms with Gasteiger partial charge in [0.2, 0.25) is 5.91 Å². The molecule has 0 radical (unpaired) electrons. The Labute approximate surface area is 90.7 Å². The van der Waals surface area contributed by atoms with Crippen LogP contribution in [0.15, 0.2) is 12.7 Å². The number of hydrogen-bond donors (Lipinski definition) is 1. The van der Waals surface area contributed by atoms with Gasteiger partial charge in [-0.1, -0.05) is 20.4 Å². The second-order valence-corrected chi connectivity index (χ2v) is 3.68. The van der Waals surface area contributed by atoms with E-state index in [0.717, 1.165) is 0 Å². The number of rotatable bonds is 7. The molecule has 1 N–H and O–H groups in total. The molecule has 0 spiro atoms. The maximum atomic E-state index is 11.1. The Bertz CT molecular complexity index is 224. The molecule has 0 saturated heterocycles. The van der Waals surface area contributed by atoms with Crippen molar-refractivity contribution in [3.8, 4) is 0 Å². The van der Waals surface area contributed by atoms with Crippen molar-refractivity contribution in [2.75, 3.05) is 13.2 Å². The van der Waals surface area contributed by atoms with Gasteiger partial charge in [-0.25, -0.2) is 0 Å². The van der Waals surface area contributed by atoms with E-state index < -0.39 is 0 Å². The first-order valence-electron chi connectivity index (χ1n) is 5.12. The number of esters is 1. The van der Waals surface area contributed by atoms with E-state index in [9.17, 15) is 9.59 Å². The summed E-state index contributed by atoms with van der Waals surface area (Å²) in [4.78, 5) is 21.8. The number of hydrogen-bond acceptors (Lipinski definition) is 3. The molecule has 1 amide bonds. The van der Waals surface area contributed by atoms with Gasteiger partial charge in [0.15, 0.2) is 0 Å². The predicted molar refractivity (Wildman–Crippen MR) is 58.2 cm³/mol. The summed E-state index contributed by atoms with van der Waals surface area (Å²) in [6.45, 7) is 8.22. The lowest BCUT2D eigenvalue weighted by molar-refractivity contribution is -0.144. The van der Waals surface area contributed by atoms with Gasteiger partial charge in [0, 0.05) is 13.0 Å². The maximum absolute atomic E-state index is 11.1. The quantitative estimate of drug-likeness (QED) is 0.393. The Kier molecular flexibility index (Phi) is 7.32. The summed E-state index contributed by atoms with van der Waals surface area (Å²) in [6.07, 6.45) is 2.14. The van der Waals surface area contributed by atoms with E-state index in [-0.39, 0.29) is 11.9 Å². The normalized spacial score (nSPS) is 9.80. The van der Waals surface area contributed by atoms with Crippen molar-refractivity contribution in [3.05, 3.63) is 12.7 Å². The smallest absolute Gasteiger partial charge is 0.305 e. The number of carbonyl (C=O) groups excluding carboxylic acids is 2. The fourth-order valence-corrected chi connectivity index (χ4v) is 0.848. The first kappa shape index (κ1) is 13.7. The first-order valence-corrected chi connectivity index (χ1v) is 5.12. The van der Waals surface area contributed by atoms with Crippen molar-refractivity contribution in [1.29, 1.82) is 0 Å². The van der Waals surface area contributed by atoms with Crippen LogP contribution in [0, 0.1) is 5.92 Å². The highest BCUT2D eigenvalue weighted by molar-refractivity contribution is 5.86. The number of ether oxygens (including phenoxy) is 1. The molecule has 0 atom stereocenters. The van der Waals surface area contributed by atoms with Crippen LogP contribution >= 0.6 is 0 Å². The molecule has 0 aromatic carbocycles. The van der Waals surface area contributed by atoms with Crippen LogP contribution in [0.5, 0.6) is 0 Å². The highest BCUT2D eigenvalue weighted by Crippen LogP contribution is 1.97. The van der Waals surface area contributed by atoms with Gasteiger partial charge in [-0.05, 0) is 18.4 Å². The lowest BCUT2D eigenvalue weighted by atomic mass is 10.2. The van der Waals surface area contributed by atoms with E-state index in [1.807, 2.05) is 13.8 Å². The number of amides is 1. The lowest BCUT2D eigenvalue weighted by Crippen LogP contribution is -2.22. The van der Waals surface area contributed by atoms with Crippen molar-refractivity contribution in [1.82, 2.24) is 5.32 Å². The van der Waals surface area contributed by atoms with Gasteiger partial charge < -0.3 is 10.1 Å². The summed E-state index contributed by atoms with van der Waals surface area (Å²) in [5.41, 5.74) is 0. The van der Waals surface area contributed by atoms with Gasteiger partial charge in [0.25, 0.3) is 0 Å². The monoisotopic (exact) mass is 213 g/mol. The summed E-state index contributed by atoms with van der Waals surface area (Å²) >= 11 is 0. The molecule has 0 saturated carbocycles. The van der Waals surface area contributed by atoms with Gasteiger partial charge in [0.1, 0.15) is 0 Å². The summed E-state index contributed by atoms with van der Waals surface area (Å²) < 4.78 is 4.97. The maximum Gasteiger partial charge on any atom is 0.305 e. The minimum absolute atomic E-state index is 0.212. The molecule has 0 aliphatic rings. The van der Waals surface area contributed by atoms with E-state index in [0.29, 0.717) is 31.9 Å². The lowest BCUT2D eigenvalue weighted by Gasteiger charge is -2.06. The van der Waals surface area contributed by atoms with Gasteiger partial charge in [-0.15, -0.1) is 0 Å². The zero-order chi connectivity index (χ0) is 11.7. The molecule has 0 rings (SSSR count). The number of carbonyl (C=O) groups is 2. The molecule has 4 nitrogen and oxygen atoms in total. The van der Waals surface area contributed by atoms with E-state index in [4.69, 9.17) is 4.74 Å². The second-order valence-electron chi connectivity index (χ2n) is 3.68. The van der Waals surface area contributed by atoms with E-state index in [2.05, 4.69) is 11.9 Å². The molecular formula is C11H19NO3. The minimum Gasteiger partial charge on any atom is -0.465 e. The topological polar surface area (TPSA) is 55.4 Å².